The molecule has 4 N–H and O–H groups in total. The molecule has 4 rings (SSSR count). The lowest BCUT2D eigenvalue weighted by atomic mass is 9.94. The van der Waals surface area contributed by atoms with Crippen molar-refractivity contribution in [1.82, 2.24) is 20.2 Å². The maximum atomic E-state index is 12.9. The zero-order chi connectivity index (χ0) is 47.7. The van der Waals surface area contributed by atoms with E-state index in [2.05, 4.69) is 20.1 Å². The molecule has 2 aliphatic heterocycles. The molecule has 1 aromatic carbocycles. The largest absolute Gasteiger partial charge is 0.508 e. The van der Waals surface area contributed by atoms with Crippen LogP contribution in [0.5, 0.6) is 0 Å². The smallest absolute Gasteiger partial charge is 0.463 e. The molecule has 25 heteroatoms. The first-order chi connectivity index (χ1) is 30.9. The zero-order valence-electron chi connectivity index (χ0n) is 36.4. The number of carbonyl (C=O) groups excluding carboxylic acids is 5. The monoisotopic (exact) mass is 958 g/mol. The number of carbonyl (C=O) groups is 5. The second-order valence-electron chi connectivity index (χ2n) is 14.8. The Hall–Kier alpha value is -5.07. The molecule has 0 radical (unpaired) electrons. The predicted octanol–water partition coefficient (Wildman–Crippen LogP) is 2.08. The zero-order valence-corrected chi connectivity index (χ0v) is 38.1. The van der Waals surface area contributed by atoms with Crippen LogP contribution in [-0.4, -0.2) is 126 Å². The van der Waals surface area contributed by atoms with Gasteiger partial charge in [0.05, 0.1) is 4.99 Å². The molecule has 65 heavy (non-hydrogen) atoms. The van der Waals surface area contributed by atoms with Crippen molar-refractivity contribution < 1.29 is 80.4 Å². The molecule has 2 saturated heterocycles. The van der Waals surface area contributed by atoms with Crippen molar-refractivity contribution in [3.05, 3.63) is 69.0 Å². The summed E-state index contributed by atoms with van der Waals surface area (Å²) < 4.78 is 68.7. The van der Waals surface area contributed by atoms with Crippen molar-refractivity contribution in [2.24, 2.45) is 5.92 Å². The lowest BCUT2D eigenvalue weighted by Gasteiger charge is -2.44. The molecule has 2 unspecified atom stereocenters. The van der Waals surface area contributed by atoms with Gasteiger partial charge >= 0.3 is 37.6 Å². The van der Waals surface area contributed by atoms with E-state index >= 15 is 0 Å². The van der Waals surface area contributed by atoms with E-state index in [9.17, 15) is 43.0 Å². The van der Waals surface area contributed by atoms with Gasteiger partial charge in [0.25, 0.3) is 5.56 Å². The number of H-pyrrole nitrogens is 1. The summed E-state index contributed by atoms with van der Waals surface area (Å²) in [7, 11) is -3.71. The topological polar surface area (TPSA) is 294 Å². The third kappa shape index (κ3) is 17.0. The van der Waals surface area contributed by atoms with Gasteiger partial charge in [-0.25, -0.2) is 14.2 Å². The Morgan fingerprint density at radius 1 is 0.862 bits per heavy atom. The van der Waals surface area contributed by atoms with Crippen molar-refractivity contribution >= 4 is 55.0 Å². The predicted molar refractivity (Wildman–Crippen MR) is 227 cm³/mol. The minimum atomic E-state index is -4.68. The molecule has 0 spiro atoms. The van der Waals surface area contributed by atoms with Gasteiger partial charge in [-0.3, -0.25) is 42.6 Å². The lowest BCUT2D eigenvalue weighted by Crippen LogP contribution is -2.66. The standard InChI is InChI=1S/C40H55N4O19PS/c1-23(45)42-33-36(60-26(4)48)35(59-25(3)47)30(21-56-24(2)46)62-38(33)55-19-10-9-15-32(65)41-17-11-14-28-34(63-64(52,53)54-5)29(61-37(28)44-18-16-31(49)43-39(44)50)22-58-40(51)57-20-27-12-7-6-8-13-27/h6-8,12-13,16,18,28-30,33-38H,9-11,14-15,17,19-22H2,1-5H3,(H,41,65)(H,42,45)(H,52,53)(H,43,49,50)/t28-,29+,30+,33+,34?,35-,36+,37+,38+/m0/s1. The van der Waals surface area contributed by atoms with Crippen LogP contribution < -0.4 is 21.9 Å². The molecule has 360 valence electrons. The lowest BCUT2D eigenvalue weighted by molar-refractivity contribution is -0.277. The maximum Gasteiger partial charge on any atom is 0.508 e. The Morgan fingerprint density at radius 3 is 2.18 bits per heavy atom. The number of phosphoric ester groups is 1. The number of thiocarbonyl (C=S) groups is 1. The molecule has 3 heterocycles. The normalized spacial score (nSPS) is 24.7. The summed E-state index contributed by atoms with van der Waals surface area (Å²) >= 11 is 5.55. The van der Waals surface area contributed by atoms with E-state index < -0.39 is 111 Å². The molecule has 0 saturated carbocycles. The van der Waals surface area contributed by atoms with Crippen LogP contribution in [0, 0.1) is 5.92 Å². The van der Waals surface area contributed by atoms with Crippen molar-refractivity contribution in [2.75, 3.05) is 33.5 Å². The summed E-state index contributed by atoms with van der Waals surface area (Å²) in [6.45, 7) is 4.11. The minimum Gasteiger partial charge on any atom is -0.463 e. The van der Waals surface area contributed by atoms with Gasteiger partial charge in [0, 0.05) is 66.1 Å². The molecule has 0 aliphatic carbocycles. The molecule has 0 bridgehead atoms. The number of nitrogens with zero attached hydrogens (tertiary/aromatic N) is 1. The molecule has 1 amide bonds. The van der Waals surface area contributed by atoms with Gasteiger partial charge in [-0.2, -0.15) is 0 Å². The first-order valence-electron chi connectivity index (χ1n) is 20.5. The highest BCUT2D eigenvalue weighted by Crippen LogP contribution is 2.50. The van der Waals surface area contributed by atoms with E-state index in [-0.39, 0.29) is 26.2 Å². The number of phosphoric acid groups is 1. The number of unbranched alkanes of at least 4 members (excludes halogenated alkanes) is 1. The number of aromatic amines is 1. The second-order valence-corrected chi connectivity index (χ2v) is 16.8. The van der Waals surface area contributed by atoms with E-state index in [0.29, 0.717) is 42.8 Å². The Bertz CT molecular complexity index is 2110. The average molecular weight is 959 g/mol. The third-order valence-corrected chi connectivity index (χ3v) is 11.2. The molecular formula is C40H55N4O19PS. The van der Waals surface area contributed by atoms with Gasteiger partial charge in [-0.15, -0.1) is 0 Å². The van der Waals surface area contributed by atoms with Crippen LogP contribution in [0.25, 0.3) is 0 Å². The number of esters is 3. The van der Waals surface area contributed by atoms with Crippen LogP contribution in [0.1, 0.15) is 71.6 Å². The Balaban J connectivity index is 1.35. The van der Waals surface area contributed by atoms with Crippen molar-refractivity contribution in [1.29, 1.82) is 0 Å². The summed E-state index contributed by atoms with van der Waals surface area (Å²) in [5.74, 6) is -3.46. The van der Waals surface area contributed by atoms with Crippen molar-refractivity contribution in [3.63, 3.8) is 0 Å². The highest BCUT2D eigenvalue weighted by Gasteiger charge is 2.52. The van der Waals surface area contributed by atoms with E-state index in [4.69, 9.17) is 54.6 Å². The van der Waals surface area contributed by atoms with Gasteiger partial charge in [0.2, 0.25) is 5.91 Å². The van der Waals surface area contributed by atoms with Gasteiger partial charge in [0.15, 0.2) is 18.5 Å². The number of amides is 1. The molecule has 2 aromatic rings. The number of benzene rings is 1. The first-order valence-corrected chi connectivity index (χ1v) is 22.4. The maximum absolute atomic E-state index is 12.9. The number of nitrogens with one attached hydrogen (secondary N) is 3. The third-order valence-electron chi connectivity index (χ3n) is 9.83. The summed E-state index contributed by atoms with van der Waals surface area (Å²) in [4.78, 5) is 98.3. The molecule has 2 aliphatic rings. The minimum absolute atomic E-state index is 0.0784. The summed E-state index contributed by atoms with van der Waals surface area (Å²) in [6, 6.07) is 8.83. The fourth-order valence-corrected chi connectivity index (χ4v) is 7.99. The molecule has 2 fully saturated rings. The van der Waals surface area contributed by atoms with Gasteiger partial charge in [0.1, 0.15) is 50.4 Å². The summed E-state index contributed by atoms with van der Waals surface area (Å²) in [5, 5.41) is 5.79. The quantitative estimate of drug-likeness (QED) is 0.0408. The van der Waals surface area contributed by atoms with Gasteiger partial charge < -0.3 is 53.4 Å². The van der Waals surface area contributed by atoms with Crippen LogP contribution in [-0.2, 0) is 77.3 Å². The van der Waals surface area contributed by atoms with E-state index in [1.54, 1.807) is 30.3 Å². The first kappa shape index (κ1) is 52.6. The van der Waals surface area contributed by atoms with Gasteiger partial charge in [-0.1, -0.05) is 42.5 Å². The van der Waals surface area contributed by atoms with Crippen molar-refractivity contribution in [3.8, 4) is 0 Å². The Kier molecular flexibility index (Phi) is 20.7. The van der Waals surface area contributed by atoms with Crippen LogP contribution in [0.3, 0.4) is 0 Å². The van der Waals surface area contributed by atoms with Crippen LogP contribution in [0.2, 0.25) is 0 Å². The SMILES string of the molecule is COP(=O)(O)OC1[C@@H](COC(=O)OCc2ccccc2)O[C@@H](n2ccc(=O)[nH]c2=O)[C@H]1CCCNC(=S)CCCCO[C@@H]1O[C@H](COC(C)=O)[C@H](OC(C)=O)[C@H](OC(C)=O)[C@H]1NC(C)=O. The highest BCUT2D eigenvalue weighted by atomic mass is 32.1. The fourth-order valence-electron chi connectivity index (χ4n) is 7.06. The van der Waals surface area contributed by atoms with E-state index in [1.165, 1.54) is 20.0 Å². The van der Waals surface area contributed by atoms with Crippen LogP contribution >= 0.6 is 20.0 Å². The second kappa shape index (κ2) is 25.6. The molecule has 1 aromatic heterocycles. The van der Waals surface area contributed by atoms with E-state index in [1.807, 2.05) is 0 Å². The van der Waals surface area contributed by atoms with Crippen LogP contribution in [0.15, 0.2) is 52.2 Å². The van der Waals surface area contributed by atoms with E-state index in [0.717, 1.165) is 31.6 Å². The van der Waals surface area contributed by atoms with Gasteiger partial charge in [-0.05, 0) is 37.7 Å². The molecule has 10 atom stereocenters. The highest BCUT2D eigenvalue weighted by molar-refractivity contribution is 7.80. The average Bonchev–Trinajstić information content (AvgIpc) is 3.56. The Morgan fingerprint density at radius 2 is 1.54 bits per heavy atom. The molecular weight excluding hydrogens is 903 g/mol. The van der Waals surface area contributed by atoms with Crippen LogP contribution in [0.4, 0.5) is 4.79 Å². The van der Waals surface area contributed by atoms with Crippen molar-refractivity contribution in [2.45, 2.75) is 115 Å². The number of rotatable bonds is 23. The fraction of sp³-hybridized carbons (Fsp3) is 0.600. The Labute approximate surface area is 378 Å². The summed E-state index contributed by atoms with van der Waals surface area (Å²) in [5.41, 5.74) is -0.786. The number of hydrogen-bond donors (Lipinski definition) is 4. The molecule has 23 nitrogen and oxygen atoms in total. The number of hydrogen-bond acceptors (Lipinski definition) is 19. The summed E-state index contributed by atoms with van der Waals surface area (Å²) in [6.07, 6.45) is -6.40. The number of aromatic nitrogens is 2. The number of ether oxygens (including phenoxy) is 8.